The van der Waals surface area contributed by atoms with Gasteiger partial charge in [-0.3, -0.25) is 5.43 Å². The highest BCUT2D eigenvalue weighted by atomic mass is 35.5. The van der Waals surface area contributed by atoms with E-state index in [1.165, 1.54) is 18.3 Å². The monoisotopic (exact) mass is 423 g/mol. The molecule has 150 valence electrons. The fourth-order valence-corrected chi connectivity index (χ4v) is 2.66. The van der Waals surface area contributed by atoms with E-state index >= 15 is 0 Å². The van der Waals surface area contributed by atoms with Gasteiger partial charge in [0.15, 0.2) is 6.61 Å². The number of carbonyl (C=O) groups excluding carboxylic acids is 1. The molecule has 8 nitrogen and oxygen atoms in total. The number of hydrogen-bond acceptors (Lipinski definition) is 7. The summed E-state index contributed by atoms with van der Waals surface area (Å²) in [7, 11) is 0. The fourth-order valence-electron chi connectivity index (χ4n) is 2.46. The molecule has 0 saturated heterocycles. The van der Waals surface area contributed by atoms with Crippen LogP contribution in [0.5, 0.6) is 0 Å². The summed E-state index contributed by atoms with van der Waals surface area (Å²) in [5.74, 6) is -0.683. The molecule has 0 amide bonds. The van der Waals surface area contributed by atoms with Crippen LogP contribution in [0.3, 0.4) is 0 Å². The van der Waals surface area contributed by atoms with Crippen molar-refractivity contribution in [3.05, 3.63) is 76.5 Å². The van der Waals surface area contributed by atoms with E-state index in [4.69, 9.17) is 31.1 Å². The summed E-state index contributed by atoms with van der Waals surface area (Å²) in [6.45, 7) is -0.302. The summed E-state index contributed by atoms with van der Waals surface area (Å²) >= 11 is 5.83. The Hall–Kier alpha value is -4.09. The first-order chi connectivity index (χ1) is 14.5. The largest absolute Gasteiger partial charge is 0.478 e. The lowest BCUT2D eigenvalue weighted by atomic mass is 10.1. The van der Waals surface area contributed by atoms with Crippen LogP contribution in [0.2, 0.25) is 5.02 Å². The molecule has 9 heteroatoms. The summed E-state index contributed by atoms with van der Waals surface area (Å²) in [5.41, 5.74) is 4.21. The second-order valence-corrected chi connectivity index (χ2v) is 6.29. The quantitative estimate of drug-likeness (QED) is 0.327. The minimum absolute atomic E-state index is 0.0305. The molecule has 3 aromatic rings. The zero-order chi connectivity index (χ0) is 21.5. The molecular formula is C21H14ClN3O5. The Morgan fingerprint density at radius 1 is 1.20 bits per heavy atom. The number of carboxylic acids is 1. The number of esters is 1. The molecule has 0 aliphatic carbocycles. The average molecular weight is 424 g/mol. The van der Waals surface area contributed by atoms with E-state index in [9.17, 15) is 9.59 Å². The van der Waals surface area contributed by atoms with E-state index in [-0.39, 0.29) is 17.2 Å². The van der Waals surface area contributed by atoms with Crippen molar-refractivity contribution in [3.8, 4) is 17.4 Å². The van der Waals surface area contributed by atoms with Crippen LogP contribution in [0, 0.1) is 11.3 Å². The number of anilines is 1. The molecule has 0 radical (unpaired) electrons. The number of benzene rings is 2. The average Bonchev–Trinajstić information content (AvgIpc) is 3.22. The second-order valence-electron chi connectivity index (χ2n) is 5.88. The van der Waals surface area contributed by atoms with Crippen LogP contribution in [0.4, 0.5) is 5.69 Å². The van der Waals surface area contributed by atoms with Crippen molar-refractivity contribution in [2.75, 3.05) is 12.0 Å². The number of nitrogens with zero attached hydrogens (tertiary/aromatic N) is 2. The number of halogens is 1. The highest BCUT2D eigenvalue weighted by molar-refractivity contribution is 6.33. The second kappa shape index (κ2) is 9.41. The molecule has 0 unspecified atom stereocenters. The van der Waals surface area contributed by atoms with Gasteiger partial charge in [-0.15, -0.1) is 0 Å². The van der Waals surface area contributed by atoms with Crippen LogP contribution >= 0.6 is 11.6 Å². The summed E-state index contributed by atoms with van der Waals surface area (Å²) in [6.07, 6.45) is 1.44. The number of ether oxygens (including phenoxy) is 1. The molecular weight excluding hydrogens is 410 g/mol. The minimum Gasteiger partial charge on any atom is -0.478 e. The lowest BCUT2D eigenvalue weighted by molar-refractivity contribution is 0.0554. The van der Waals surface area contributed by atoms with E-state index in [0.717, 1.165) is 5.56 Å². The highest BCUT2D eigenvalue weighted by Crippen LogP contribution is 2.23. The number of nitrogens with one attached hydrogen (secondary N) is 1. The van der Waals surface area contributed by atoms with Crippen molar-refractivity contribution in [1.82, 2.24) is 0 Å². The lowest BCUT2D eigenvalue weighted by Crippen LogP contribution is -2.04. The molecule has 1 aromatic heterocycles. The molecule has 3 rings (SSSR count). The normalized spacial score (nSPS) is 10.5. The van der Waals surface area contributed by atoms with Crippen molar-refractivity contribution >= 4 is 35.4 Å². The summed E-state index contributed by atoms with van der Waals surface area (Å²) < 4.78 is 10.4. The van der Waals surface area contributed by atoms with Crippen LogP contribution in [0.1, 0.15) is 26.5 Å². The summed E-state index contributed by atoms with van der Waals surface area (Å²) in [6, 6.07) is 16.2. The molecule has 1 heterocycles. The number of hydrogen-bond donors (Lipinski definition) is 2. The first-order valence-electron chi connectivity index (χ1n) is 8.54. The Kier molecular flexibility index (Phi) is 6.47. The Balaban J connectivity index is 1.65. The van der Waals surface area contributed by atoms with Gasteiger partial charge in [0.1, 0.15) is 17.6 Å². The fraction of sp³-hybridized carbons (Fsp3) is 0.0476. The topological polar surface area (TPSA) is 125 Å². The molecule has 0 aliphatic heterocycles. The number of rotatable bonds is 7. The zero-order valence-corrected chi connectivity index (χ0v) is 16.1. The number of furan rings is 1. The highest BCUT2D eigenvalue weighted by Gasteiger charge is 2.10. The lowest BCUT2D eigenvalue weighted by Gasteiger charge is -2.03. The van der Waals surface area contributed by atoms with Gasteiger partial charge in [-0.05, 0) is 42.5 Å². The molecule has 0 fully saturated rings. The number of aromatic carboxylic acids is 1. The predicted molar refractivity (Wildman–Crippen MR) is 110 cm³/mol. The van der Waals surface area contributed by atoms with E-state index in [1.807, 2.05) is 0 Å². The van der Waals surface area contributed by atoms with Crippen LogP contribution < -0.4 is 5.43 Å². The molecule has 0 aliphatic rings. The first-order valence-corrected chi connectivity index (χ1v) is 8.92. The standard InChI is InChI=1S/C21H14ClN3O5/c22-18-7-5-15(11-17(18)20(26)27)25-24-12-16-6-8-19(30-16)13-1-3-14(4-2-13)21(28)29-10-9-23/h1-8,11-12,25H,10H2,(H,26,27). The number of nitriles is 1. The third kappa shape index (κ3) is 5.04. The van der Waals surface area contributed by atoms with E-state index in [2.05, 4.69) is 10.5 Å². The van der Waals surface area contributed by atoms with Gasteiger partial charge in [0.2, 0.25) is 0 Å². The molecule has 0 atom stereocenters. The number of hydrazone groups is 1. The summed E-state index contributed by atoms with van der Waals surface area (Å²) in [4.78, 5) is 22.8. The molecule has 2 aromatic carbocycles. The van der Waals surface area contributed by atoms with Crippen LogP contribution in [-0.2, 0) is 4.74 Å². The number of carbonyl (C=O) groups is 2. The van der Waals surface area contributed by atoms with Gasteiger partial charge >= 0.3 is 11.9 Å². The smallest absolute Gasteiger partial charge is 0.339 e. The van der Waals surface area contributed by atoms with Crippen molar-refractivity contribution in [2.45, 2.75) is 0 Å². The van der Waals surface area contributed by atoms with Gasteiger partial charge in [-0.1, -0.05) is 23.7 Å². The van der Waals surface area contributed by atoms with Gasteiger partial charge in [-0.2, -0.15) is 10.4 Å². The number of carboxylic acid groups (broad SMARTS) is 1. The van der Waals surface area contributed by atoms with Crippen molar-refractivity contribution < 1.29 is 23.8 Å². The molecule has 0 saturated carbocycles. The molecule has 2 N–H and O–H groups in total. The van der Waals surface area contributed by atoms with Gasteiger partial charge in [-0.25, -0.2) is 9.59 Å². The molecule has 30 heavy (non-hydrogen) atoms. The van der Waals surface area contributed by atoms with Crippen molar-refractivity contribution in [3.63, 3.8) is 0 Å². The maximum atomic E-state index is 11.7. The van der Waals surface area contributed by atoms with E-state index in [1.54, 1.807) is 48.5 Å². The zero-order valence-electron chi connectivity index (χ0n) is 15.3. The SMILES string of the molecule is N#CCOC(=O)c1ccc(-c2ccc(C=NNc3ccc(Cl)c(C(=O)O)c3)o2)cc1. The summed E-state index contributed by atoms with van der Waals surface area (Å²) in [5, 5.41) is 21.7. The van der Waals surface area contributed by atoms with E-state index < -0.39 is 11.9 Å². The van der Waals surface area contributed by atoms with Gasteiger partial charge in [0.25, 0.3) is 0 Å². The maximum Gasteiger partial charge on any atom is 0.339 e. The Bertz CT molecular complexity index is 1150. The van der Waals surface area contributed by atoms with Crippen molar-refractivity contribution in [2.24, 2.45) is 5.10 Å². The molecule has 0 bridgehead atoms. The predicted octanol–water partition coefficient (Wildman–Crippen LogP) is 4.42. The third-order valence-electron chi connectivity index (χ3n) is 3.88. The maximum absolute atomic E-state index is 11.7. The molecule has 0 spiro atoms. The Morgan fingerprint density at radius 3 is 2.67 bits per heavy atom. The van der Waals surface area contributed by atoms with Gasteiger partial charge in [0, 0.05) is 5.56 Å². The first kappa shape index (κ1) is 20.6. The van der Waals surface area contributed by atoms with Crippen LogP contribution in [-0.4, -0.2) is 29.9 Å². The van der Waals surface area contributed by atoms with E-state index in [0.29, 0.717) is 22.8 Å². The third-order valence-corrected chi connectivity index (χ3v) is 4.21. The minimum atomic E-state index is -1.13. The van der Waals surface area contributed by atoms with Crippen LogP contribution in [0.25, 0.3) is 11.3 Å². The Labute approximate surface area is 176 Å². The Morgan fingerprint density at radius 2 is 1.97 bits per heavy atom. The van der Waals surface area contributed by atoms with Gasteiger partial charge in [0.05, 0.1) is 28.1 Å². The van der Waals surface area contributed by atoms with Crippen LogP contribution in [0.15, 0.2) is 64.1 Å². The van der Waals surface area contributed by atoms with Crippen molar-refractivity contribution in [1.29, 1.82) is 5.26 Å². The van der Waals surface area contributed by atoms with Gasteiger partial charge < -0.3 is 14.3 Å².